The van der Waals surface area contributed by atoms with Crippen molar-refractivity contribution >= 4 is 9.84 Å². The average molecular weight is 253 g/mol. The molecule has 16 heavy (non-hydrogen) atoms. The second-order valence-corrected chi connectivity index (χ2v) is 7.17. The number of hydrogen-bond acceptors (Lipinski definition) is 5. The predicted octanol–water partition coefficient (Wildman–Crippen LogP) is -0.250. The van der Waals surface area contributed by atoms with Gasteiger partial charge in [-0.05, 0) is 13.8 Å². The molecular weight excluding hydrogens is 230 g/mol. The Morgan fingerprint density at radius 2 is 1.88 bits per heavy atom. The fourth-order valence-electron chi connectivity index (χ4n) is 1.29. The molecule has 0 amide bonds. The van der Waals surface area contributed by atoms with Crippen molar-refractivity contribution < 1.29 is 18.3 Å². The molecule has 0 unspecified atom stereocenters. The van der Waals surface area contributed by atoms with Crippen LogP contribution < -0.4 is 0 Å². The molecule has 0 aliphatic rings. The number of nitrogens with zero attached hydrogens (tertiary/aromatic N) is 1. The van der Waals surface area contributed by atoms with Gasteiger partial charge in [0.2, 0.25) is 0 Å². The molecule has 1 N–H and O–H groups in total. The van der Waals surface area contributed by atoms with Crippen LogP contribution in [0.4, 0.5) is 0 Å². The summed E-state index contributed by atoms with van der Waals surface area (Å²) in [5.74, 6) is 0. The molecule has 5 nitrogen and oxygen atoms in total. The van der Waals surface area contributed by atoms with Gasteiger partial charge in [-0.3, -0.25) is 4.90 Å². The molecule has 98 valence electrons. The third kappa shape index (κ3) is 5.25. The van der Waals surface area contributed by atoms with Gasteiger partial charge in [-0.25, -0.2) is 8.42 Å². The Morgan fingerprint density at radius 1 is 1.31 bits per heavy atom. The predicted molar refractivity (Wildman–Crippen MR) is 64.3 cm³/mol. The third-order valence-electron chi connectivity index (χ3n) is 2.64. The topological polar surface area (TPSA) is 66.8 Å². The van der Waals surface area contributed by atoms with Crippen molar-refractivity contribution in [3.8, 4) is 0 Å². The van der Waals surface area contributed by atoms with Crippen LogP contribution in [0.25, 0.3) is 0 Å². The van der Waals surface area contributed by atoms with Crippen molar-refractivity contribution in [3.05, 3.63) is 0 Å². The van der Waals surface area contributed by atoms with Crippen LogP contribution in [0.15, 0.2) is 0 Å². The van der Waals surface area contributed by atoms with Crippen LogP contribution in [0.3, 0.4) is 0 Å². The fourth-order valence-corrected chi connectivity index (χ4v) is 1.70. The number of aliphatic hydroxyl groups is 1. The Balaban J connectivity index is 4.49. The van der Waals surface area contributed by atoms with E-state index in [9.17, 15) is 8.42 Å². The second-order valence-electron chi connectivity index (χ2n) is 4.52. The van der Waals surface area contributed by atoms with E-state index in [2.05, 4.69) is 0 Å². The summed E-state index contributed by atoms with van der Waals surface area (Å²) in [6.45, 7) is 5.41. The van der Waals surface area contributed by atoms with Crippen LogP contribution in [0.5, 0.6) is 0 Å². The molecule has 0 spiro atoms. The minimum Gasteiger partial charge on any atom is -0.395 e. The minimum absolute atomic E-state index is 0.0174. The van der Waals surface area contributed by atoms with Gasteiger partial charge in [0.15, 0.2) is 9.84 Å². The average Bonchev–Trinajstić information content (AvgIpc) is 2.12. The SMILES string of the molecule is COCCN(CCO)CC(C)(C)S(C)(=O)=O. The highest BCUT2D eigenvalue weighted by molar-refractivity contribution is 7.92. The summed E-state index contributed by atoms with van der Waals surface area (Å²) in [6.07, 6.45) is 1.24. The molecular formula is C10H23NO4S. The summed E-state index contributed by atoms with van der Waals surface area (Å²) < 4.78 is 27.2. The zero-order valence-corrected chi connectivity index (χ0v) is 11.4. The van der Waals surface area contributed by atoms with Crippen molar-refractivity contribution in [2.45, 2.75) is 18.6 Å². The Bertz CT molecular complexity index is 287. The van der Waals surface area contributed by atoms with Gasteiger partial charge in [0.1, 0.15) is 0 Å². The number of ether oxygens (including phenoxy) is 1. The lowest BCUT2D eigenvalue weighted by Gasteiger charge is -2.30. The first-order valence-corrected chi connectivity index (χ1v) is 7.15. The summed E-state index contributed by atoms with van der Waals surface area (Å²) in [5.41, 5.74) is 0. The first-order chi connectivity index (χ1) is 7.24. The normalized spacial score (nSPS) is 13.4. The summed E-state index contributed by atoms with van der Waals surface area (Å²) in [4.78, 5) is 1.89. The van der Waals surface area contributed by atoms with Crippen molar-refractivity contribution in [1.29, 1.82) is 0 Å². The maximum Gasteiger partial charge on any atom is 0.153 e. The van der Waals surface area contributed by atoms with Gasteiger partial charge in [0.25, 0.3) is 0 Å². The molecule has 0 radical (unpaired) electrons. The van der Waals surface area contributed by atoms with Crippen LogP contribution in [0.1, 0.15) is 13.8 Å². The fraction of sp³-hybridized carbons (Fsp3) is 1.00. The van der Waals surface area contributed by atoms with Crippen LogP contribution in [0.2, 0.25) is 0 Å². The van der Waals surface area contributed by atoms with E-state index >= 15 is 0 Å². The number of methoxy groups -OCH3 is 1. The molecule has 0 rings (SSSR count). The minimum atomic E-state index is -3.10. The highest BCUT2D eigenvalue weighted by Crippen LogP contribution is 2.16. The van der Waals surface area contributed by atoms with E-state index in [0.29, 0.717) is 26.2 Å². The van der Waals surface area contributed by atoms with E-state index in [4.69, 9.17) is 9.84 Å². The monoisotopic (exact) mass is 253 g/mol. The zero-order valence-electron chi connectivity index (χ0n) is 10.6. The second kappa shape index (κ2) is 6.54. The number of aliphatic hydroxyl groups excluding tert-OH is 1. The maximum absolute atomic E-state index is 11.5. The molecule has 0 aromatic rings. The molecule has 0 heterocycles. The van der Waals surface area contributed by atoms with Gasteiger partial charge in [0, 0.05) is 33.0 Å². The number of hydrogen-bond donors (Lipinski definition) is 1. The molecule has 6 heteroatoms. The first kappa shape index (κ1) is 15.8. The largest absolute Gasteiger partial charge is 0.395 e. The quantitative estimate of drug-likeness (QED) is 0.646. The molecule has 0 bridgehead atoms. The highest BCUT2D eigenvalue weighted by Gasteiger charge is 2.32. The molecule has 0 fully saturated rings. The van der Waals surface area contributed by atoms with E-state index in [0.717, 1.165) is 0 Å². The number of rotatable bonds is 8. The van der Waals surface area contributed by atoms with E-state index in [-0.39, 0.29) is 6.61 Å². The summed E-state index contributed by atoms with van der Waals surface area (Å²) in [5, 5.41) is 8.90. The van der Waals surface area contributed by atoms with Crippen molar-refractivity contribution in [1.82, 2.24) is 4.90 Å². The van der Waals surface area contributed by atoms with Gasteiger partial charge >= 0.3 is 0 Å². The van der Waals surface area contributed by atoms with Crippen LogP contribution >= 0.6 is 0 Å². The van der Waals surface area contributed by atoms with Crippen molar-refractivity contribution in [3.63, 3.8) is 0 Å². The van der Waals surface area contributed by atoms with Crippen LogP contribution in [-0.4, -0.2) is 69.4 Å². The lowest BCUT2D eigenvalue weighted by Crippen LogP contribution is -2.45. The van der Waals surface area contributed by atoms with Crippen molar-refractivity contribution in [2.24, 2.45) is 0 Å². The van der Waals surface area contributed by atoms with E-state index < -0.39 is 14.6 Å². The molecule has 0 saturated carbocycles. The van der Waals surface area contributed by atoms with Gasteiger partial charge in [0.05, 0.1) is 18.0 Å². The molecule has 0 aliphatic heterocycles. The summed E-state index contributed by atoms with van der Waals surface area (Å²) in [7, 11) is -1.51. The Hall–Kier alpha value is -0.170. The van der Waals surface area contributed by atoms with Gasteiger partial charge in [-0.2, -0.15) is 0 Å². The van der Waals surface area contributed by atoms with Gasteiger partial charge < -0.3 is 9.84 Å². The number of sulfone groups is 1. The van der Waals surface area contributed by atoms with Crippen molar-refractivity contribution in [2.75, 3.05) is 46.2 Å². The lowest BCUT2D eigenvalue weighted by atomic mass is 10.2. The highest BCUT2D eigenvalue weighted by atomic mass is 32.2. The first-order valence-electron chi connectivity index (χ1n) is 5.26. The molecule has 0 saturated heterocycles. The van der Waals surface area contributed by atoms with Crippen LogP contribution in [0, 0.1) is 0 Å². The smallest absolute Gasteiger partial charge is 0.153 e. The lowest BCUT2D eigenvalue weighted by molar-refractivity contribution is 0.125. The zero-order chi connectivity index (χ0) is 12.8. The molecule has 0 aromatic heterocycles. The molecule has 0 aliphatic carbocycles. The van der Waals surface area contributed by atoms with E-state index in [1.54, 1.807) is 21.0 Å². The third-order valence-corrected chi connectivity index (χ3v) is 4.77. The van der Waals surface area contributed by atoms with E-state index in [1.165, 1.54) is 6.26 Å². The van der Waals surface area contributed by atoms with Gasteiger partial charge in [-0.1, -0.05) is 0 Å². The Labute approximate surface area is 98.3 Å². The molecule has 0 atom stereocenters. The van der Waals surface area contributed by atoms with E-state index in [1.807, 2.05) is 4.90 Å². The molecule has 0 aromatic carbocycles. The summed E-state index contributed by atoms with van der Waals surface area (Å²) >= 11 is 0. The standard InChI is InChI=1S/C10H23NO4S/c1-10(2,16(4,13)14)9-11(5-7-12)6-8-15-3/h12H,5-9H2,1-4H3. The van der Waals surface area contributed by atoms with Gasteiger partial charge in [-0.15, -0.1) is 0 Å². The Kier molecular flexibility index (Phi) is 6.47. The Morgan fingerprint density at radius 3 is 2.25 bits per heavy atom. The maximum atomic E-state index is 11.5. The summed E-state index contributed by atoms with van der Waals surface area (Å²) in [6, 6.07) is 0. The van der Waals surface area contributed by atoms with Crippen LogP contribution in [-0.2, 0) is 14.6 Å².